The van der Waals surface area contributed by atoms with Crippen LogP contribution in [0.4, 0.5) is 0 Å². The van der Waals surface area contributed by atoms with Crippen LogP contribution in [0.15, 0.2) is 48.3 Å². The zero-order chi connectivity index (χ0) is 25.7. The summed E-state index contributed by atoms with van der Waals surface area (Å²) in [6.07, 6.45) is 6.80. The Hall–Kier alpha value is -3.94. The van der Waals surface area contributed by atoms with Crippen molar-refractivity contribution in [1.29, 1.82) is 0 Å². The lowest BCUT2D eigenvalue weighted by Gasteiger charge is -2.27. The number of hydrogen-bond donors (Lipinski definition) is 1. The fraction of sp³-hybridized carbons (Fsp3) is 0.357. The maximum Gasteiger partial charge on any atom is 0.270 e. The van der Waals surface area contributed by atoms with Gasteiger partial charge < -0.3 is 29.0 Å². The first-order chi connectivity index (χ1) is 17.5. The van der Waals surface area contributed by atoms with Gasteiger partial charge in [0, 0.05) is 47.9 Å². The second-order valence-electron chi connectivity index (χ2n) is 8.67. The standard InChI is InChI=1S/C28H33N3O5/c1-5-30-18-20(21-11-7-8-12-23(21)30)15-22(28(33)31-13-9-6-10-14-31)29-27(32)19-16-24(34-2)26(36-4)25(17-19)35-3/h7-8,11-12,15-18H,5-6,9-10,13-14H2,1-4H3,(H,29,32)/b22-15-. The number of carbonyl (C=O) groups excluding carboxylic acids is 2. The van der Waals surface area contributed by atoms with Gasteiger partial charge in [-0.25, -0.2) is 0 Å². The van der Waals surface area contributed by atoms with Gasteiger partial charge in [0.1, 0.15) is 5.70 Å². The lowest BCUT2D eigenvalue weighted by molar-refractivity contribution is -0.128. The van der Waals surface area contributed by atoms with Crippen molar-refractivity contribution < 1.29 is 23.8 Å². The minimum absolute atomic E-state index is 0.191. The average molecular weight is 492 g/mol. The van der Waals surface area contributed by atoms with Crippen LogP contribution in [0.5, 0.6) is 17.2 Å². The van der Waals surface area contributed by atoms with Gasteiger partial charge in [-0.05, 0) is 50.5 Å². The Labute approximate surface area is 211 Å². The van der Waals surface area contributed by atoms with Crippen molar-refractivity contribution in [3.8, 4) is 17.2 Å². The molecule has 0 spiro atoms. The molecule has 1 aliphatic heterocycles. The van der Waals surface area contributed by atoms with Crippen molar-refractivity contribution in [2.24, 2.45) is 0 Å². The molecule has 0 bridgehead atoms. The Morgan fingerprint density at radius 1 is 0.972 bits per heavy atom. The first kappa shape index (κ1) is 25.2. The predicted octanol–water partition coefficient (Wildman–Crippen LogP) is 4.47. The number of methoxy groups -OCH3 is 3. The number of nitrogens with zero attached hydrogens (tertiary/aromatic N) is 2. The summed E-state index contributed by atoms with van der Waals surface area (Å²) >= 11 is 0. The number of aromatic nitrogens is 1. The van der Waals surface area contributed by atoms with E-state index in [1.54, 1.807) is 18.2 Å². The summed E-state index contributed by atoms with van der Waals surface area (Å²) in [5.41, 5.74) is 2.47. The van der Waals surface area contributed by atoms with Crippen LogP contribution in [0.1, 0.15) is 42.1 Å². The number of hydrogen-bond acceptors (Lipinski definition) is 5. The molecule has 8 nitrogen and oxygen atoms in total. The highest BCUT2D eigenvalue weighted by molar-refractivity contribution is 6.07. The van der Waals surface area contributed by atoms with Crippen molar-refractivity contribution in [2.75, 3.05) is 34.4 Å². The van der Waals surface area contributed by atoms with E-state index < -0.39 is 5.91 Å². The monoisotopic (exact) mass is 491 g/mol. The van der Waals surface area contributed by atoms with Crippen molar-refractivity contribution in [3.05, 3.63) is 59.4 Å². The highest BCUT2D eigenvalue weighted by Gasteiger charge is 2.24. The first-order valence-corrected chi connectivity index (χ1v) is 12.2. The molecule has 3 aromatic rings. The molecule has 0 atom stereocenters. The molecule has 2 heterocycles. The van der Waals surface area contributed by atoms with Crippen LogP contribution >= 0.6 is 0 Å². The van der Waals surface area contributed by atoms with Crippen LogP contribution < -0.4 is 19.5 Å². The third-order valence-electron chi connectivity index (χ3n) is 6.51. The van der Waals surface area contributed by atoms with E-state index in [-0.39, 0.29) is 17.2 Å². The lowest BCUT2D eigenvalue weighted by atomic mass is 10.1. The summed E-state index contributed by atoms with van der Waals surface area (Å²) in [6.45, 7) is 4.22. The molecule has 1 aliphatic rings. The third kappa shape index (κ3) is 5.03. The molecular weight excluding hydrogens is 458 g/mol. The van der Waals surface area contributed by atoms with E-state index in [0.29, 0.717) is 30.3 Å². The fourth-order valence-corrected chi connectivity index (χ4v) is 4.63. The second-order valence-corrected chi connectivity index (χ2v) is 8.67. The van der Waals surface area contributed by atoms with Gasteiger partial charge in [-0.1, -0.05) is 18.2 Å². The number of ether oxygens (including phenoxy) is 3. The Kier molecular flexibility index (Phi) is 7.83. The Morgan fingerprint density at radius 3 is 2.25 bits per heavy atom. The number of benzene rings is 2. The minimum Gasteiger partial charge on any atom is -0.493 e. The first-order valence-electron chi connectivity index (χ1n) is 12.2. The number of rotatable bonds is 8. The van der Waals surface area contributed by atoms with Gasteiger partial charge in [-0.2, -0.15) is 0 Å². The molecule has 2 aromatic carbocycles. The normalized spacial score (nSPS) is 14.0. The van der Waals surface area contributed by atoms with Crippen LogP contribution in [0, 0.1) is 0 Å². The third-order valence-corrected chi connectivity index (χ3v) is 6.51. The van der Waals surface area contributed by atoms with Gasteiger partial charge in [-0.15, -0.1) is 0 Å². The Morgan fingerprint density at radius 2 is 1.64 bits per heavy atom. The van der Waals surface area contributed by atoms with Crippen LogP contribution in [0.2, 0.25) is 0 Å². The molecule has 0 saturated carbocycles. The van der Waals surface area contributed by atoms with Crippen molar-refractivity contribution in [2.45, 2.75) is 32.7 Å². The zero-order valence-corrected chi connectivity index (χ0v) is 21.3. The maximum absolute atomic E-state index is 13.6. The highest BCUT2D eigenvalue weighted by Crippen LogP contribution is 2.38. The van der Waals surface area contributed by atoms with E-state index in [1.165, 1.54) is 21.3 Å². The summed E-state index contributed by atoms with van der Waals surface area (Å²) in [7, 11) is 4.49. The van der Waals surface area contributed by atoms with Crippen LogP contribution in [0.25, 0.3) is 17.0 Å². The van der Waals surface area contributed by atoms with Gasteiger partial charge in [-0.3, -0.25) is 9.59 Å². The number of amides is 2. The number of carbonyl (C=O) groups is 2. The molecule has 1 aromatic heterocycles. The fourth-order valence-electron chi connectivity index (χ4n) is 4.63. The van der Waals surface area contributed by atoms with Crippen LogP contribution in [-0.4, -0.2) is 55.7 Å². The van der Waals surface area contributed by atoms with Gasteiger partial charge in [0.05, 0.1) is 21.3 Å². The van der Waals surface area contributed by atoms with Crippen LogP contribution in [0.3, 0.4) is 0 Å². The Bertz CT molecular complexity index is 1260. The summed E-state index contributed by atoms with van der Waals surface area (Å²) < 4.78 is 18.3. The van der Waals surface area contributed by atoms with E-state index in [9.17, 15) is 9.59 Å². The van der Waals surface area contributed by atoms with E-state index >= 15 is 0 Å². The molecule has 2 amide bonds. The minimum atomic E-state index is -0.440. The molecule has 36 heavy (non-hydrogen) atoms. The SMILES string of the molecule is CCn1cc(/C=C(\NC(=O)c2cc(OC)c(OC)c(OC)c2)C(=O)N2CCCCC2)c2ccccc21. The Balaban J connectivity index is 1.75. The number of fused-ring (bicyclic) bond motifs is 1. The molecule has 0 radical (unpaired) electrons. The van der Waals surface area contributed by atoms with Crippen LogP contribution in [-0.2, 0) is 11.3 Å². The van der Waals surface area contributed by atoms with E-state index in [4.69, 9.17) is 14.2 Å². The number of aryl methyl sites for hydroxylation is 1. The predicted molar refractivity (Wildman–Crippen MR) is 140 cm³/mol. The van der Waals surface area contributed by atoms with Gasteiger partial charge >= 0.3 is 0 Å². The van der Waals surface area contributed by atoms with E-state index in [2.05, 4.69) is 22.9 Å². The molecule has 4 rings (SSSR count). The summed E-state index contributed by atoms with van der Waals surface area (Å²) in [6, 6.07) is 11.2. The molecule has 0 unspecified atom stereocenters. The smallest absolute Gasteiger partial charge is 0.270 e. The molecule has 0 aliphatic carbocycles. The van der Waals surface area contributed by atoms with E-state index in [0.717, 1.165) is 42.3 Å². The number of para-hydroxylation sites is 1. The second kappa shape index (κ2) is 11.2. The molecule has 1 fully saturated rings. The van der Waals surface area contributed by atoms with Gasteiger partial charge in [0.15, 0.2) is 11.5 Å². The summed E-state index contributed by atoms with van der Waals surface area (Å²) in [5, 5.41) is 3.90. The van der Waals surface area contributed by atoms with Gasteiger partial charge in [0.2, 0.25) is 5.75 Å². The highest BCUT2D eigenvalue weighted by atomic mass is 16.5. The van der Waals surface area contributed by atoms with Gasteiger partial charge in [0.25, 0.3) is 11.8 Å². The van der Waals surface area contributed by atoms with E-state index in [1.807, 2.05) is 29.3 Å². The number of piperidine rings is 1. The van der Waals surface area contributed by atoms with Crippen molar-refractivity contribution >= 4 is 28.8 Å². The topological polar surface area (TPSA) is 82.0 Å². The summed E-state index contributed by atoms with van der Waals surface area (Å²) in [5.74, 6) is 0.486. The lowest BCUT2D eigenvalue weighted by Crippen LogP contribution is -2.41. The maximum atomic E-state index is 13.6. The molecular formula is C28H33N3O5. The van der Waals surface area contributed by atoms with Crippen molar-refractivity contribution in [1.82, 2.24) is 14.8 Å². The quantitative estimate of drug-likeness (QED) is 0.470. The molecule has 8 heteroatoms. The largest absolute Gasteiger partial charge is 0.493 e. The zero-order valence-electron chi connectivity index (χ0n) is 21.3. The number of nitrogens with one attached hydrogen (secondary N) is 1. The number of likely N-dealkylation sites (tertiary alicyclic amines) is 1. The van der Waals surface area contributed by atoms with Crippen molar-refractivity contribution in [3.63, 3.8) is 0 Å². The molecule has 190 valence electrons. The molecule has 1 N–H and O–H groups in total. The average Bonchev–Trinajstić information content (AvgIpc) is 3.29. The molecule has 1 saturated heterocycles. The summed E-state index contributed by atoms with van der Waals surface area (Å²) in [4.78, 5) is 28.8.